The number of hydrogen-bond donors (Lipinski definition) is 3. The zero-order valence-electron chi connectivity index (χ0n) is 16.0. The Bertz CT molecular complexity index is 770. The number of benzene rings is 1. The van der Waals surface area contributed by atoms with Gasteiger partial charge in [-0.1, -0.05) is 36.2 Å². The molecule has 2 saturated carbocycles. The summed E-state index contributed by atoms with van der Waals surface area (Å²) in [6, 6.07) is 8.86. The van der Waals surface area contributed by atoms with Crippen molar-refractivity contribution in [3.05, 3.63) is 34.9 Å². The average molecular weight is 405 g/mol. The summed E-state index contributed by atoms with van der Waals surface area (Å²) < 4.78 is 0. The Balaban J connectivity index is 1.53. The first kappa shape index (κ1) is 17.5. The Labute approximate surface area is 171 Å². The fourth-order valence-electron chi connectivity index (χ4n) is 6.72. The summed E-state index contributed by atoms with van der Waals surface area (Å²) >= 11 is 9.02. The van der Waals surface area contributed by atoms with Crippen molar-refractivity contribution < 1.29 is 0 Å². The van der Waals surface area contributed by atoms with Crippen molar-refractivity contribution in [2.24, 2.45) is 11.8 Å². The Kier molecular flexibility index (Phi) is 3.81. The molecule has 27 heavy (non-hydrogen) atoms. The summed E-state index contributed by atoms with van der Waals surface area (Å²) in [6.07, 6.45) is 7.27. The maximum atomic E-state index is 6.76. The molecule has 1 spiro atoms. The first-order valence-corrected chi connectivity index (χ1v) is 11.8. The fourth-order valence-corrected chi connectivity index (χ4v) is 9.20. The molecule has 5 fully saturated rings. The van der Waals surface area contributed by atoms with E-state index in [1.54, 1.807) is 0 Å². The highest BCUT2D eigenvalue weighted by molar-refractivity contribution is 8.01. The molecule has 0 amide bonds. The third-order valence-electron chi connectivity index (χ3n) is 7.96. The Morgan fingerprint density at radius 1 is 1.19 bits per heavy atom. The molecule has 3 heterocycles. The van der Waals surface area contributed by atoms with Gasteiger partial charge in [0.2, 0.25) is 0 Å². The molecule has 0 radical (unpaired) electrons. The van der Waals surface area contributed by atoms with Crippen molar-refractivity contribution in [1.29, 1.82) is 0 Å². The first-order chi connectivity index (χ1) is 13.0. The van der Waals surface area contributed by atoms with Crippen molar-refractivity contribution >= 4 is 23.4 Å². The summed E-state index contributed by atoms with van der Waals surface area (Å²) in [4.78, 5) is 2.89. The van der Waals surface area contributed by atoms with Crippen LogP contribution < -0.4 is 16.2 Å². The standard InChI is InChI=1S/C21H29ClN4S/c1-12-24-25-19-21(10-11-21)23-18(13-6-3-4-8-15(13)22)17-14-7-5-9-16(14)27-20(17,2)26(12)19/h3-4,6,8,12,14,16-19,23-25H,5,7,9-11H2,1-2H3. The van der Waals surface area contributed by atoms with Gasteiger partial charge >= 0.3 is 0 Å². The van der Waals surface area contributed by atoms with E-state index in [2.05, 4.69) is 70.9 Å². The lowest BCUT2D eigenvalue weighted by Crippen LogP contribution is -2.58. The SMILES string of the molecule is CC1NNC2N1C1(C)SC3CCCC3C1C(c1ccccc1Cl)NC21CC1. The summed E-state index contributed by atoms with van der Waals surface area (Å²) in [7, 11) is 0. The van der Waals surface area contributed by atoms with E-state index in [0.29, 0.717) is 24.3 Å². The van der Waals surface area contributed by atoms with Gasteiger partial charge in [0.05, 0.1) is 17.2 Å². The number of rotatable bonds is 1. The van der Waals surface area contributed by atoms with Crippen molar-refractivity contribution in [3.8, 4) is 0 Å². The molecule has 4 nitrogen and oxygen atoms in total. The number of hydrogen-bond acceptors (Lipinski definition) is 5. The number of halogens is 1. The van der Waals surface area contributed by atoms with Crippen LogP contribution in [0.25, 0.3) is 0 Å². The van der Waals surface area contributed by atoms with Gasteiger partial charge in [-0.2, -0.15) is 0 Å². The molecule has 5 aliphatic rings. The number of nitrogens with zero attached hydrogens (tertiary/aromatic N) is 1. The molecule has 7 unspecified atom stereocenters. The Morgan fingerprint density at radius 3 is 2.78 bits per heavy atom. The van der Waals surface area contributed by atoms with E-state index in [0.717, 1.165) is 16.2 Å². The molecule has 6 rings (SSSR count). The number of thioether (sulfide) groups is 1. The minimum atomic E-state index is 0.110. The van der Waals surface area contributed by atoms with Gasteiger partial charge in [0.15, 0.2) is 0 Å². The summed E-state index contributed by atoms with van der Waals surface area (Å²) in [5.41, 5.74) is 8.67. The highest BCUT2D eigenvalue weighted by Crippen LogP contribution is 2.65. The quantitative estimate of drug-likeness (QED) is 0.663. The Hall–Kier alpha value is -0.300. The van der Waals surface area contributed by atoms with Crippen molar-refractivity contribution in [1.82, 2.24) is 21.1 Å². The molecule has 3 saturated heterocycles. The lowest BCUT2D eigenvalue weighted by molar-refractivity contribution is 0.0612. The van der Waals surface area contributed by atoms with Crippen LogP contribution >= 0.6 is 23.4 Å². The summed E-state index contributed by atoms with van der Waals surface area (Å²) in [5, 5.41) is 5.89. The van der Waals surface area contributed by atoms with Crippen LogP contribution in [0.5, 0.6) is 0 Å². The molecular weight excluding hydrogens is 376 g/mol. The number of hydrazine groups is 1. The predicted octanol–water partition coefficient (Wildman–Crippen LogP) is 3.85. The maximum absolute atomic E-state index is 6.76. The van der Waals surface area contributed by atoms with E-state index in [9.17, 15) is 0 Å². The second-order valence-corrected chi connectivity index (χ2v) is 11.5. The molecule has 146 valence electrons. The van der Waals surface area contributed by atoms with E-state index in [1.165, 1.54) is 37.7 Å². The smallest absolute Gasteiger partial charge is 0.0937 e. The minimum absolute atomic E-state index is 0.110. The van der Waals surface area contributed by atoms with E-state index in [4.69, 9.17) is 11.6 Å². The van der Waals surface area contributed by atoms with Crippen LogP contribution in [0, 0.1) is 11.8 Å². The van der Waals surface area contributed by atoms with Gasteiger partial charge < -0.3 is 5.32 Å². The monoisotopic (exact) mass is 404 g/mol. The van der Waals surface area contributed by atoms with Crippen molar-refractivity contribution in [2.75, 3.05) is 0 Å². The topological polar surface area (TPSA) is 39.3 Å². The van der Waals surface area contributed by atoms with Gasteiger partial charge in [0, 0.05) is 27.8 Å². The molecule has 1 aromatic carbocycles. The molecular formula is C21H29ClN4S. The second-order valence-electron chi connectivity index (χ2n) is 9.41. The van der Waals surface area contributed by atoms with Crippen LogP contribution in [-0.2, 0) is 0 Å². The van der Waals surface area contributed by atoms with E-state index >= 15 is 0 Å². The van der Waals surface area contributed by atoms with E-state index in [1.807, 2.05) is 0 Å². The van der Waals surface area contributed by atoms with Gasteiger partial charge in [-0.25, -0.2) is 10.9 Å². The molecule has 0 aromatic heterocycles. The first-order valence-electron chi connectivity index (χ1n) is 10.5. The number of fused-ring (bicyclic) bond motifs is 6. The molecule has 2 aliphatic carbocycles. The lowest BCUT2D eigenvalue weighted by Gasteiger charge is -2.45. The van der Waals surface area contributed by atoms with E-state index < -0.39 is 0 Å². The third kappa shape index (κ3) is 2.33. The summed E-state index contributed by atoms with van der Waals surface area (Å²) in [6.45, 7) is 4.83. The van der Waals surface area contributed by atoms with Gasteiger partial charge in [-0.05, 0) is 57.1 Å². The average Bonchev–Trinajstić information content (AvgIpc) is 2.97. The van der Waals surface area contributed by atoms with Crippen LogP contribution in [0.1, 0.15) is 57.6 Å². The van der Waals surface area contributed by atoms with Crippen molar-refractivity contribution in [3.63, 3.8) is 0 Å². The van der Waals surface area contributed by atoms with Gasteiger partial charge in [-0.15, -0.1) is 11.8 Å². The normalized spacial score (nSPS) is 47.5. The fraction of sp³-hybridized carbons (Fsp3) is 0.714. The molecule has 7 atom stereocenters. The lowest BCUT2D eigenvalue weighted by atomic mass is 9.77. The predicted molar refractivity (Wildman–Crippen MR) is 111 cm³/mol. The van der Waals surface area contributed by atoms with Crippen LogP contribution in [0.15, 0.2) is 24.3 Å². The van der Waals surface area contributed by atoms with Crippen LogP contribution in [0.4, 0.5) is 0 Å². The van der Waals surface area contributed by atoms with Crippen molar-refractivity contribution in [2.45, 2.75) is 80.0 Å². The number of nitrogens with one attached hydrogen (secondary N) is 3. The Morgan fingerprint density at radius 2 is 2.00 bits per heavy atom. The largest absolute Gasteiger partial charge is 0.301 e. The zero-order chi connectivity index (χ0) is 18.4. The van der Waals surface area contributed by atoms with Gasteiger partial charge in [0.1, 0.15) is 0 Å². The third-order valence-corrected chi connectivity index (χ3v) is 10.2. The molecule has 3 aliphatic heterocycles. The summed E-state index contributed by atoms with van der Waals surface area (Å²) in [5.74, 6) is 1.35. The van der Waals surface area contributed by atoms with Crippen LogP contribution in [0.2, 0.25) is 5.02 Å². The highest BCUT2D eigenvalue weighted by Gasteiger charge is 2.68. The van der Waals surface area contributed by atoms with Crippen LogP contribution in [0.3, 0.4) is 0 Å². The minimum Gasteiger partial charge on any atom is -0.301 e. The molecule has 1 aromatic rings. The molecule has 3 N–H and O–H groups in total. The molecule has 0 bridgehead atoms. The van der Waals surface area contributed by atoms with Gasteiger partial charge in [-0.3, -0.25) is 4.90 Å². The molecule has 6 heteroatoms. The van der Waals surface area contributed by atoms with Gasteiger partial charge in [0.25, 0.3) is 0 Å². The maximum Gasteiger partial charge on any atom is 0.0937 e. The van der Waals surface area contributed by atoms with Crippen LogP contribution in [-0.4, -0.2) is 32.9 Å². The zero-order valence-corrected chi connectivity index (χ0v) is 17.6. The second kappa shape index (κ2) is 5.87. The van der Waals surface area contributed by atoms with E-state index in [-0.39, 0.29) is 10.4 Å². The highest BCUT2D eigenvalue weighted by atomic mass is 35.5.